The monoisotopic (exact) mass is 382 g/mol. The summed E-state index contributed by atoms with van der Waals surface area (Å²) in [6.45, 7) is 17.6. The van der Waals surface area contributed by atoms with E-state index in [1.807, 2.05) is 39.5 Å². The van der Waals surface area contributed by atoms with Crippen LogP contribution in [0.25, 0.3) is 0 Å². The minimum atomic E-state index is -0.517. The molecule has 0 N–H and O–H groups in total. The molecular weight excluding hydrogens is 344 g/mol. The van der Waals surface area contributed by atoms with Crippen LogP contribution in [0.15, 0.2) is 12.7 Å². The van der Waals surface area contributed by atoms with E-state index >= 15 is 0 Å². The maximum atomic E-state index is 12.6. The van der Waals surface area contributed by atoms with Crippen molar-refractivity contribution in [3.05, 3.63) is 12.7 Å². The van der Waals surface area contributed by atoms with Crippen LogP contribution in [0, 0.1) is 5.92 Å². The molecule has 0 aromatic heterocycles. The molecule has 0 aromatic rings. The molecule has 0 saturated carbocycles. The third-order valence-corrected chi connectivity index (χ3v) is 4.57. The van der Waals surface area contributed by atoms with Crippen LogP contribution in [-0.4, -0.2) is 65.8 Å². The second-order valence-electron chi connectivity index (χ2n) is 8.61. The molecule has 0 aromatic carbocycles. The second kappa shape index (κ2) is 10.7. The Bertz CT molecular complexity index is 499. The molecular formula is C21H38N2O4. The van der Waals surface area contributed by atoms with E-state index in [2.05, 4.69) is 6.58 Å². The largest absolute Gasteiger partial charge is 0.444 e. The van der Waals surface area contributed by atoms with E-state index in [0.29, 0.717) is 19.7 Å². The van der Waals surface area contributed by atoms with Gasteiger partial charge in [-0.2, -0.15) is 0 Å². The molecule has 2 unspecified atom stereocenters. The first-order chi connectivity index (χ1) is 12.5. The number of hydrogen-bond donors (Lipinski definition) is 0. The molecule has 1 aliphatic heterocycles. The van der Waals surface area contributed by atoms with Crippen molar-refractivity contribution >= 4 is 12.0 Å². The molecule has 6 heteroatoms. The van der Waals surface area contributed by atoms with Gasteiger partial charge in [0.25, 0.3) is 5.91 Å². The number of rotatable bonds is 8. The summed E-state index contributed by atoms with van der Waals surface area (Å²) in [6, 6.07) is 0.0482. The molecule has 1 fully saturated rings. The first-order valence-electron chi connectivity index (χ1n) is 10.1. The van der Waals surface area contributed by atoms with E-state index in [1.54, 1.807) is 17.9 Å². The molecule has 1 heterocycles. The van der Waals surface area contributed by atoms with Gasteiger partial charge < -0.3 is 19.3 Å². The average molecular weight is 383 g/mol. The Labute approximate surface area is 164 Å². The van der Waals surface area contributed by atoms with Crippen molar-refractivity contribution in [2.75, 3.05) is 26.2 Å². The Kier molecular flexibility index (Phi) is 9.30. The van der Waals surface area contributed by atoms with Gasteiger partial charge in [-0.3, -0.25) is 4.79 Å². The summed E-state index contributed by atoms with van der Waals surface area (Å²) >= 11 is 0. The van der Waals surface area contributed by atoms with Crippen LogP contribution in [0.1, 0.15) is 60.8 Å². The minimum Gasteiger partial charge on any atom is -0.444 e. The Balaban J connectivity index is 2.65. The first kappa shape index (κ1) is 23.5. The molecule has 2 atom stereocenters. The summed E-state index contributed by atoms with van der Waals surface area (Å²) in [4.78, 5) is 28.8. The summed E-state index contributed by atoms with van der Waals surface area (Å²) in [5.41, 5.74) is -0.517. The maximum absolute atomic E-state index is 12.6. The standard InChI is InChI=1S/C21H38N2O4/c1-8-9-13-26-17(4)19(24)22-12-10-11-18(14-22)15-23(16(2)3)20(25)27-21(5,6)7/h8,16-18H,1,9-15H2,2-7H3. The number of carbonyl (C=O) groups excluding carboxylic acids is 2. The second-order valence-corrected chi connectivity index (χ2v) is 8.61. The zero-order valence-corrected chi connectivity index (χ0v) is 18.0. The number of amides is 2. The van der Waals surface area contributed by atoms with E-state index in [-0.39, 0.29) is 24.0 Å². The Morgan fingerprint density at radius 1 is 1.30 bits per heavy atom. The van der Waals surface area contributed by atoms with Gasteiger partial charge in [0.2, 0.25) is 0 Å². The summed E-state index contributed by atoms with van der Waals surface area (Å²) < 4.78 is 11.1. The number of hydrogen-bond acceptors (Lipinski definition) is 4. The number of piperidine rings is 1. The smallest absolute Gasteiger partial charge is 0.410 e. The quantitative estimate of drug-likeness (QED) is 0.473. The number of likely N-dealkylation sites (tertiary alicyclic amines) is 1. The van der Waals surface area contributed by atoms with Gasteiger partial charge in [0.1, 0.15) is 11.7 Å². The van der Waals surface area contributed by atoms with Crippen molar-refractivity contribution in [1.82, 2.24) is 9.80 Å². The number of nitrogens with zero attached hydrogens (tertiary/aromatic N) is 2. The molecule has 0 radical (unpaired) electrons. The lowest BCUT2D eigenvalue weighted by Crippen LogP contribution is -2.49. The minimum absolute atomic E-state index is 0.0251. The molecule has 27 heavy (non-hydrogen) atoms. The van der Waals surface area contributed by atoms with Gasteiger partial charge in [-0.1, -0.05) is 6.08 Å². The summed E-state index contributed by atoms with van der Waals surface area (Å²) in [6.07, 6.45) is 3.72. The molecule has 2 amide bonds. The van der Waals surface area contributed by atoms with Crippen molar-refractivity contribution in [3.8, 4) is 0 Å². The summed E-state index contributed by atoms with van der Waals surface area (Å²) in [5.74, 6) is 0.273. The van der Waals surface area contributed by atoms with Crippen LogP contribution in [0.2, 0.25) is 0 Å². The molecule has 1 aliphatic rings. The summed E-state index contributed by atoms with van der Waals surface area (Å²) in [7, 11) is 0. The van der Waals surface area contributed by atoms with Crippen molar-refractivity contribution in [2.45, 2.75) is 78.6 Å². The highest BCUT2D eigenvalue weighted by molar-refractivity contribution is 5.80. The Morgan fingerprint density at radius 3 is 2.52 bits per heavy atom. The van der Waals surface area contributed by atoms with Crippen LogP contribution in [-0.2, 0) is 14.3 Å². The van der Waals surface area contributed by atoms with Gasteiger partial charge in [-0.15, -0.1) is 6.58 Å². The first-order valence-corrected chi connectivity index (χ1v) is 10.1. The van der Waals surface area contributed by atoms with E-state index in [1.165, 1.54) is 0 Å². The highest BCUT2D eigenvalue weighted by atomic mass is 16.6. The molecule has 1 saturated heterocycles. The van der Waals surface area contributed by atoms with Crippen LogP contribution in [0.5, 0.6) is 0 Å². The highest BCUT2D eigenvalue weighted by Gasteiger charge is 2.31. The van der Waals surface area contributed by atoms with Gasteiger partial charge in [-0.25, -0.2) is 4.79 Å². The zero-order valence-electron chi connectivity index (χ0n) is 18.0. The van der Waals surface area contributed by atoms with E-state index in [0.717, 1.165) is 25.8 Å². The van der Waals surface area contributed by atoms with E-state index in [9.17, 15) is 9.59 Å². The third-order valence-electron chi connectivity index (χ3n) is 4.57. The highest BCUT2D eigenvalue weighted by Crippen LogP contribution is 2.21. The normalized spacial score (nSPS) is 18.9. The molecule has 0 aliphatic carbocycles. The van der Waals surface area contributed by atoms with Crippen molar-refractivity contribution in [1.29, 1.82) is 0 Å². The van der Waals surface area contributed by atoms with Crippen molar-refractivity contribution < 1.29 is 19.1 Å². The fourth-order valence-corrected chi connectivity index (χ4v) is 3.17. The topological polar surface area (TPSA) is 59.1 Å². The molecule has 6 nitrogen and oxygen atoms in total. The zero-order chi connectivity index (χ0) is 20.6. The third kappa shape index (κ3) is 8.33. The Morgan fingerprint density at radius 2 is 1.96 bits per heavy atom. The van der Waals surface area contributed by atoms with Crippen LogP contribution >= 0.6 is 0 Å². The van der Waals surface area contributed by atoms with Crippen LogP contribution in [0.3, 0.4) is 0 Å². The van der Waals surface area contributed by atoms with Gasteiger partial charge in [-0.05, 0) is 66.7 Å². The average Bonchev–Trinajstić information content (AvgIpc) is 2.57. The van der Waals surface area contributed by atoms with Crippen LogP contribution < -0.4 is 0 Å². The van der Waals surface area contributed by atoms with Gasteiger partial charge in [0.05, 0.1) is 6.61 Å². The van der Waals surface area contributed by atoms with E-state index < -0.39 is 11.7 Å². The van der Waals surface area contributed by atoms with Crippen molar-refractivity contribution in [3.63, 3.8) is 0 Å². The summed E-state index contributed by atoms with van der Waals surface area (Å²) in [5, 5.41) is 0. The van der Waals surface area contributed by atoms with Crippen LogP contribution in [0.4, 0.5) is 4.79 Å². The molecule has 0 bridgehead atoms. The fourth-order valence-electron chi connectivity index (χ4n) is 3.17. The lowest BCUT2D eigenvalue weighted by atomic mass is 9.96. The maximum Gasteiger partial charge on any atom is 0.410 e. The predicted octanol–water partition coefficient (Wildman–Crippen LogP) is 3.85. The van der Waals surface area contributed by atoms with Gasteiger partial charge >= 0.3 is 6.09 Å². The molecule has 156 valence electrons. The Hall–Kier alpha value is -1.56. The predicted molar refractivity (Wildman–Crippen MR) is 108 cm³/mol. The lowest BCUT2D eigenvalue weighted by molar-refractivity contribution is -0.144. The fraction of sp³-hybridized carbons (Fsp3) is 0.810. The molecule has 0 spiro atoms. The van der Waals surface area contributed by atoms with Crippen molar-refractivity contribution in [2.24, 2.45) is 5.92 Å². The van der Waals surface area contributed by atoms with E-state index in [4.69, 9.17) is 9.47 Å². The number of ether oxygens (including phenoxy) is 2. The SMILES string of the molecule is C=CCCOC(C)C(=O)N1CCCC(CN(C(=O)OC(C)(C)C)C(C)C)C1. The molecule has 1 rings (SSSR count). The number of carbonyl (C=O) groups is 2. The van der Waals surface area contributed by atoms with Gasteiger partial charge in [0.15, 0.2) is 0 Å². The lowest BCUT2D eigenvalue weighted by Gasteiger charge is -2.38. The van der Waals surface area contributed by atoms with Gasteiger partial charge in [0, 0.05) is 25.7 Å².